The molecule has 0 saturated carbocycles. The molecule has 1 aliphatic rings. The van der Waals surface area contributed by atoms with E-state index in [2.05, 4.69) is 10.3 Å². The SMILES string of the molecule is Cc1c(C(=O)Nc2cccc(C(=O)O)c2)sc2nc3n(c(=O)c12)CCCCC3. The predicted molar refractivity (Wildman–Crippen MR) is 108 cm³/mol. The van der Waals surface area contributed by atoms with E-state index in [4.69, 9.17) is 5.11 Å². The number of benzene rings is 1. The summed E-state index contributed by atoms with van der Waals surface area (Å²) in [5.74, 6) is -0.645. The van der Waals surface area contributed by atoms with Crippen molar-refractivity contribution < 1.29 is 14.7 Å². The van der Waals surface area contributed by atoms with Crippen LogP contribution in [-0.4, -0.2) is 26.5 Å². The molecule has 3 aromatic rings. The highest BCUT2D eigenvalue weighted by molar-refractivity contribution is 7.20. The molecule has 1 aliphatic heterocycles. The van der Waals surface area contributed by atoms with Gasteiger partial charge in [0.2, 0.25) is 0 Å². The molecule has 0 fully saturated rings. The van der Waals surface area contributed by atoms with Crippen LogP contribution in [0.2, 0.25) is 0 Å². The van der Waals surface area contributed by atoms with Gasteiger partial charge in [0.1, 0.15) is 10.7 Å². The van der Waals surface area contributed by atoms with Crippen LogP contribution >= 0.6 is 11.3 Å². The smallest absolute Gasteiger partial charge is 0.335 e. The van der Waals surface area contributed by atoms with E-state index in [1.54, 1.807) is 23.6 Å². The fourth-order valence-electron chi connectivity index (χ4n) is 3.54. The Morgan fingerprint density at radius 1 is 1.25 bits per heavy atom. The van der Waals surface area contributed by atoms with Crippen molar-refractivity contribution in [1.82, 2.24) is 9.55 Å². The summed E-state index contributed by atoms with van der Waals surface area (Å²) in [4.78, 5) is 42.6. The number of aromatic carboxylic acids is 1. The summed E-state index contributed by atoms with van der Waals surface area (Å²) < 4.78 is 1.74. The summed E-state index contributed by atoms with van der Waals surface area (Å²) in [5, 5.41) is 12.3. The molecule has 2 N–H and O–H groups in total. The Morgan fingerprint density at radius 3 is 2.86 bits per heavy atom. The first kappa shape index (κ1) is 18.4. The topological polar surface area (TPSA) is 101 Å². The van der Waals surface area contributed by atoms with E-state index in [9.17, 15) is 14.4 Å². The summed E-state index contributed by atoms with van der Waals surface area (Å²) in [6, 6.07) is 6.06. The standard InChI is InChI=1S/C20H19N3O4S/c1-11-15-18(22-14-8-3-2-4-9-23(14)19(15)25)28-16(11)17(24)21-13-7-5-6-12(10-13)20(26)27/h5-7,10H,2-4,8-9H2,1H3,(H,21,24)(H,26,27). The van der Waals surface area contributed by atoms with Crippen molar-refractivity contribution in [3.63, 3.8) is 0 Å². The zero-order valence-electron chi connectivity index (χ0n) is 15.3. The van der Waals surface area contributed by atoms with E-state index < -0.39 is 5.97 Å². The largest absolute Gasteiger partial charge is 0.478 e. The highest BCUT2D eigenvalue weighted by Gasteiger charge is 2.22. The lowest BCUT2D eigenvalue weighted by Crippen LogP contribution is -2.24. The second-order valence-electron chi connectivity index (χ2n) is 6.87. The van der Waals surface area contributed by atoms with Crippen molar-refractivity contribution in [3.8, 4) is 0 Å². The number of rotatable bonds is 3. The maximum absolute atomic E-state index is 13.0. The number of carbonyl (C=O) groups is 2. The molecule has 4 rings (SSSR count). The van der Waals surface area contributed by atoms with Gasteiger partial charge in [0.25, 0.3) is 11.5 Å². The Bertz CT molecular complexity index is 1160. The molecular weight excluding hydrogens is 378 g/mol. The maximum Gasteiger partial charge on any atom is 0.335 e. The predicted octanol–water partition coefficient (Wildman–Crippen LogP) is 3.44. The van der Waals surface area contributed by atoms with Gasteiger partial charge in [-0.2, -0.15) is 0 Å². The molecule has 0 aliphatic carbocycles. The summed E-state index contributed by atoms with van der Waals surface area (Å²) in [5.41, 5.74) is 1.02. The van der Waals surface area contributed by atoms with Gasteiger partial charge in [-0.05, 0) is 43.5 Å². The lowest BCUT2D eigenvalue weighted by atomic mass is 10.2. The van der Waals surface area contributed by atoms with E-state index in [0.717, 1.165) is 31.5 Å². The van der Waals surface area contributed by atoms with Crippen LogP contribution in [0, 0.1) is 6.92 Å². The van der Waals surface area contributed by atoms with E-state index in [1.807, 2.05) is 0 Å². The maximum atomic E-state index is 13.0. The number of nitrogens with one attached hydrogen (secondary N) is 1. The van der Waals surface area contributed by atoms with Gasteiger partial charge in [0, 0.05) is 18.7 Å². The molecule has 0 atom stereocenters. The molecular formula is C20H19N3O4S. The van der Waals surface area contributed by atoms with Crippen molar-refractivity contribution in [2.45, 2.75) is 39.2 Å². The third-order valence-corrected chi connectivity index (χ3v) is 6.17. The molecule has 1 amide bonds. The number of anilines is 1. The Morgan fingerprint density at radius 2 is 2.07 bits per heavy atom. The van der Waals surface area contributed by atoms with Crippen molar-refractivity contribution in [1.29, 1.82) is 0 Å². The number of carbonyl (C=O) groups excluding carboxylic acids is 1. The van der Waals surface area contributed by atoms with Crippen LogP contribution in [0.5, 0.6) is 0 Å². The molecule has 0 saturated heterocycles. The average molecular weight is 397 g/mol. The van der Waals surface area contributed by atoms with E-state index in [1.165, 1.54) is 23.5 Å². The van der Waals surface area contributed by atoms with Crippen LogP contribution in [0.3, 0.4) is 0 Å². The van der Waals surface area contributed by atoms with Crippen molar-refractivity contribution in [2.24, 2.45) is 0 Å². The third kappa shape index (κ3) is 3.20. The average Bonchev–Trinajstić information content (AvgIpc) is 2.84. The number of aryl methyl sites for hydroxylation is 2. The monoisotopic (exact) mass is 397 g/mol. The molecule has 0 spiro atoms. The third-order valence-electron chi connectivity index (χ3n) is 4.99. The number of amides is 1. The number of nitrogens with zero attached hydrogens (tertiary/aromatic N) is 2. The highest BCUT2D eigenvalue weighted by Crippen LogP contribution is 2.29. The quantitative estimate of drug-likeness (QED) is 0.705. The number of hydrogen-bond acceptors (Lipinski definition) is 5. The van der Waals surface area contributed by atoms with E-state index in [0.29, 0.717) is 32.9 Å². The Labute approximate surface area is 164 Å². The van der Waals surface area contributed by atoms with Gasteiger partial charge in [-0.3, -0.25) is 14.2 Å². The molecule has 3 heterocycles. The van der Waals surface area contributed by atoms with Gasteiger partial charge in [-0.25, -0.2) is 9.78 Å². The molecule has 8 heteroatoms. The molecule has 0 bridgehead atoms. The van der Waals surface area contributed by atoms with Crippen LogP contribution in [0.1, 0.15) is 50.7 Å². The van der Waals surface area contributed by atoms with Crippen LogP contribution in [-0.2, 0) is 13.0 Å². The van der Waals surface area contributed by atoms with Gasteiger partial charge in [0.15, 0.2) is 0 Å². The number of hydrogen-bond donors (Lipinski definition) is 2. The van der Waals surface area contributed by atoms with Crippen LogP contribution < -0.4 is 10.9 Å². The Hall–Kier alpha value is -3.00. The van der Waals surface area contributed by atoms with Gasteiger partial charge in [-0.1, -0.05) is 12.5 Å². The summed E-state index contributed by atoms with van der Waals surface area (Å²) >= 11 is 1.20. The van der Waals surface area contributed by atoms with Crippen LogP contribution in [0.4, 0.5) is 5.69 Å². The minimum Gasteiger partial charge on any atom is -0.478 e. The van der Waals surface area contributed by atoms with Crippen molar-refractivity contribution in [3.05, 3.63) is 56.4 Å². The number of aromatic nitrogens is 2. The normalized spacial score (nSPS) is 13.8. The van der Waals surface area contributed by atoms with Crippen LogP contribution in [0.25, 0.3) is 10.2 Å². The molecule has 2 aromatic heterocycles. The molecule has 28 heavy (non-hydrogen) atoms. The first-order valence-electron chi connectivity index (χ1n) is 9.13. The van der Waals surface area contributed by atoms with E-state index in [-0.39, 0.29) is 17.0 Å². The highest BCUT2D eigenvalue weighted by atomic mass is 32.1. The molecule has 144 valence electrons. The lowest BCUT2D eigenvalue weighted by molar-refractivity contribution is 0.0696. The fourth-order valence-corrected chi connectivity index (χ4v) is 4.63. The summed E-state index contributed by atoms with van der Waals surface area (Å²) in [6.07, 6.45) is 3.82. The molecule has 0 unspecified atom stereocenters. The minimum absolute atomic E-state index is 0.0809. The van der Waals surface area contributed by atoms with Gasteiger partial charge in [0.05, 0.1) is 15.8 Å². The molecule has 0 radical (unpaired) electrons. The Kier molecular flexibility index (Phi) is 4.72. The zero-order valence-corrected chi connectivity index (χ0v) is 16.1. The number of carboxylic acids is 1. The first-order valence-corrected chi connectivity index (χ1v) is 9.95. The second kappa shape index (κ2) is 7.20. The van der Waals surface area contributed by atoms with Crippen molar-refractivity contribution in [2.75, 3.05) is 5.32 Å². The van der Waals surface area contributed by atoms with Gasteiger partial charge in [-0.15, -0.1) is 11.3 Å². The minimum atomic E-state index is -1.06. The van der Waals surface area contributed by atoms with Gasteiger partial charge < -0.3 is 10.4 Å². The van der Waals surface area contributed by atoms with Crippen LogP contribution in [0.15, 0.2) is 29.1 Å². The number of thiophene rings is 1. The first-order chi connectivity index (χ1) is 13.5. The number of carboxylic acid groups (broad SMARTS) is 1. The lowest BCUT2D eigenvalue weighted by Gasteiger charge is -2.08. The Balaban J connectivity index is 1.73. The number of fused-ring (bicyclic) bond motifs is 2. The van der Waals surface area contributed by atoms with Gasteiger partial charge >= 0.3 is 5.97 Å². The molecule has 1 aromatic carbocycles. The van der Waals surface area contributed by atoms with Crippen molar-refractivity contribution >= 4 is 39.1 Å². The molecule has 7 nitrogen and oxygen atoms in total. The fraction of sp³-hybridized carbons (Fsp3) is 0.300. The zero-order chi connectivity index (χ0) is 19.8. The summed E-state index contributed by atoms with van der Waals surface area (Å²) in [6.45, 7) is 2.42. The van der Waals surface area contributed by atoms with E-state index >= 15 is 0 Å². The summed E-state index contributed by atoms with van der Waals surface area (Å²) in [7, 11) is 0. The second-order valence-corrected chi connectivity index (χ2v) is 7.87.